The van der Waals surface area contributed by atoms with E-state index in [0.29, 0.717) is 4.48 Å². The molecule has 0 saturated carbocycles. The van der Waals surface area contributed by atoms with Gasteiger partial charge in [-0.3, -0.25) is 0 Å². The van der Waals surface area contributed by atoms with Gasteiger partial charge in [0.25, 0.3) is 0 Å². The van der Waals surface area contributed by atoms with E-state index in [-0.39, 0.29) is 16.1 Å². The minimum Gasteiger partial charge on any atom is -0.343 e. The number of imidazole rings is 1. The highest BCUT2D eigenvalue weighted by Gasteiger charge is 2.44. The maximum absolute atomic E-state index is 15.1. The van der Waals surface area contributed by atoms with Crippen LogP contribution in [0.1, 0.15) is 20.8 Å². The van der Waals surface area contributed by atoms with Crippen LogP contribution in [0.15, 0.2) is 24.3 Å². The van der Waals surface area contributed by atoms with Crippen molar-refractivity contribution in [2.45, 2.75) is 26.3 Å². The number of aromatic nitrogens is 2. The van der Waals surface area contributed by atoms with E-state index in [0.717, 1.165) is 6.07 Å². The van der Waals surface area contributed by atoms with E-state index >= 15 is 17.6 Å². The van der Waals surface area contributed by atoms with Crippen molar-refractivity contribution in [3.05, 3.63) is 82.4 Å². The average Bonchev–Trinajstić information content (AvgIpc) is 3.25. The van der Waals surface area contributed by atoms with Crippen LogP contribution in [0.25, 0.3) is 11.0 Å². The third kappa shape index (κ3) is 3.96. The van der Waals surface area contributed by atoms with Gasteiger partial charge >= 0.3 is 6.85 Å². The van der Waals surface area contributed by atoms with Gasteiger partial charge in [-0.2, -0.15) is 5.06 Å². The molecule has 1 radical (unpaired) electrons. The van der Waals surface area contributed by atoms with Crippen LogP contribution in [0, 0.1) is 58.2 Å². The number of benzene rings is 3. The first-order chi connectivity index (χ1) is 17.6. The molecule has 0 bridgehead atoms. The summed E-state index contributed by atoms with van der Waals surface area (Å²) in [5, 5.41) is 13.3. The van der Waals surface area contributed by atoms with Crippen molar-refractivity contribution in [1.82, 2.24) is 9.46 Å². The summed E-state index contributed by atoms with van der Waals surface area (Å²) in [4.78, 5) is 3.96. The molecule has 0 aliphatic rings. The zero-order chi connectivity index (χ0) is 28.4. The predicted molar refractivity (Wildman–Crippen MR) is 116 cm³/mol. The molecule has 0 N–H and O–H groups in total. The summed E-state index contributed by atoms with van der Waals surface area (Å²) in [6.07, 6.45) is 0. The van der Waals surface area contributed by atoms with Crippen LogP contribution in [0.3, 0.4) is 0 Å². The maximum Gasteiger partial charge on any atom is 0.343 e. The van der Waals surface area contributed by atoms with Gasteiger partial charge in [-0.25, -0.2) is 48.9 Å². The molecule has 4 aromatic rings. The molecule has 0 spiro atoms. The van der Waals surface area contributed by atoms with Gasteiger partial charge in [0.1, 0.15) is 0 Å². The van der Waals surface area contributed by atoms with E-state index in [9.17, 15) is 31.5 Å². The molecule has 199 valence electrons. The molecule has 0 unspecified atom stereocenters. The molecule has 1 heterocycles. The van der Waals surface area contributed by atoms with Gasteiger partial charge in [0, 0.05) is 10.9 Å². The molecular weight excluding hydrogens is 535 g/mol. The standard InChI is InChI=1S/C23H13BF10N3O/c1-23(2,3)37(38)22-35-8-6-4-5-7-9(8)36(22)24(10-12(25)16(29)20(33)17(30)13(10)26)11-14(27)18(31)21(34)19(32)15(11)28/h4-7H,1-3H3. The fraction of sp³-hybridized carbons (Fsp3) is 0.174. The Morgan fingerprint density at radius 3 is 1.42 bits per heavy atom. The SMILES string of the molecule is CC(C)(C)N([O])c1nc2ccccc2n1B(c1c(F)c(F)c(F)c(F)c1F)c1c(F)c(F)c(F)c(F)c1F. The van der Waals surface area contributed by atoms with Crippen molar-refractivity contribution < 1.29 is 49.1 Å². The van der Waals surface area contributed by atoms with Gasteiger partial charge in [0.15, 0.2) is 58.2 Å². The third-order valence-electron chi connectivity index (χ3n) is 5.66. The second kappa shape index (κ2) is 9.22. The highest BCUT2D eigenvalue weighted by molar-refractivity contribution is 6.85. The van der Waals surface area contributed by atoms with Crippen molar-refractivity contribution >= 4 is 34.8 Å². The highest BCUT2D eigenvalue weighted by atomic mass is 19.2. The van der Waals surface area contributed by atoms with Crippen molar-refractivity contribution in [2.24, 2.45) is 0 Å². The molecule has 0 amide bonds. The number of hydroxylamine groups is 1. The predicted octanol–water partition coefficient (Wildman–Crippen LogP) is 5.03. The molecule has 0 aliphatic heterocycles. The van der Waals surface area contributed by atoms with Gasteiger partial charge in [-0.15, -0.1) is 0 Å². The van der Waals surface area contributed by atoms with Gasteiger partial charge in [-0.05, 0) is 32.9 Å². The molecule has 0 fully saturated rings. The van der Waals surface area contributed by atoms with Gasteiger partial charge in [0.2, 0.25) is 5.95 Å². The van der Waals surface area contributed by atoms with Crippen LogP contribution in [0.5, 0.6) is 0 Å². The largest absolute Gasteiger partial charge is 0.343 e. The van der Waals surface area contributed by atoms with E-state index < -0.39 is 87.4 Å². The fourth-order valence-corrected chi connectivity index (χ4v) is 3.86. The van der Waals surface area contributed by atoms with Gasteiger partial charge in [-0.1, -0.05) is 17.3 Å². The molecule has 0 saturated heterocycles. The van der Waals surface area contributed by atoms with E-state index in [2.05, 4.69) is 4.98 Å². The number of anilines is 1. The third-order valence-corrected chi connectivity index (χ3v) is 5.66. The molecule has 3 aromatic carbocycles. The Kier molecular flexibility index (Phi) is 6.62. The summed E-state index contributed by atoms with van der Waals surface area (Å²) in [5.74, 6) is -27.0. The van der Waals surface area contributed by atoms with Crippen LogP contribution in [-0.2, 0) is 5.21 Å². The first-order valence-corrected chi connectivity index (χ1v) is 10.6. The number of para-hydroxylation sites is 2. The summed E-state index contributed by atoms with van der Waals surface area (Å²) >= 11 is 0. The Morgan fingerprint density at radius 1 is 0.658 bits per heavy atom. The number of halogens is 10. The molecular formula is C23H13BF10N3O. The molecule has 4 rings (SSSR count). The summed E-state index contributed by atoms with van der Waals surface area (Å²) in [6.45, 7) is 0.950. The Morgan fingerprint density at radius 2 is 1.03 bits per heavy atom. The number of fused-ring (bicyclic) bond motifs is 1. The zero-order valence-corrected chi connectivity index (χ0v) is 19.4. The molecule has 0 atom stereocenters. The zero-order valence-electron chi connectivity index (χ0n) is 19.4. The van der Waals surface area contributed by atoms with Crippen molar-refractivity contribution in [2.75, 3.05) is 5.06 Å². The summed E-state index contributed by atoms with van der Waals surface area (Å²) in [7, 11) is 0. The maximum atomic E-state index is 15.1. The quantitative estimate of drug-likeness (QED) is 0.118. The van der Waals surface area contributed by atoms with Crippen LogP contribution in [0.2, 0.25) is 0 Å². The van der Waals surface area contributed by atoms with Crippen LogP contribution in [0.4, 0.5) is 49.9 Å². The van der Waals surface area contributed by atoms with Gasteiger partial charge < -0.3 is 4.48 Å². The van der Waals surface area contributed by atoms with E-state index in [1.807, 2.05) is 0 Å². The van der Waals surface area contributed by atoms with Crippen molar-refractivity contribution in [3.8, 4) is 0 Å². The lowest BCUT2D eigenvalue weighted by atomic mass is 9.49. The molecule has 15 heteroatoms. The molecule has 1 aromatic heterocycles. The van der Waals surface area contributed by atoms with E-state index in [1.165, 1.54) is 39.0 Å². The first-order valence-electron chi connectivity index (χ1n) is 10.6. The second-order valence-corrected chi connectivity index (χ2v) is 9.11. The summed E-state index contributed by atoms with van der Waals surface area (Å²) in [6, 6.07) is 4.93. The summed E-state index contributed by atoms with van der Waals surface area (Å²) in [5.41, 5.74) is -5.96. The van der Waals surface area contributed by atoms with E-state index in [4.69, 9.17) is 0 Å². The number of hydrogen-bond donors (Lipinski definition) is 0. The highest BCUT2D eigenvalue weighted by Crippen LogP contribution is 2.29. The van der Waals surface area contributed by atoms with Crippen LogP contribution >= 0.6 is 0 Å². The second-order valence-electron chi connectivity index (χ2n) is 9.11. The molecule has 38 heavy (non-hydrogen) atoms. The number of rotatable bonds is 4. The van der Waals surface area contributed by atoms with E-state index in [1.54, 1.807) is 0 Å². The monoisotopic (exact) mass is 548 g/mol. The lowest BCUT2D eigenvalue weighted by molar-refractivity contribution is 0.0970. The Hall–Kier alpha value is -3.75. The molecule has 4 nitrogen and oxygen atoms in total. The van der Waals surface area contributed by atoms with Crippen molar-refractivity contribution in [3.63, 3.8) is 0 Å². The Bertz CT molecular complexity index is 1470. The first kappa shape index (κ1) is 27.3. The summed E-state index contributed by atoms with van der Waals surface area (Å²) < 4.78 is 145. The lowest BCUT2D eigenvalue weighted by Crippen LogP contribution is -2.56. The normalized spacial score (nSPS) is 11.9. The Labute approximate surface area is 207 Å². The average molecular weight is 548 g/mol. The topological polar surface area (TPSA) is 41.0 Å². The lowest BCUT2D eigenvalue weighted by Gasteiger charge is -2.30. The molecule has 0 aliphatic carbocycles. The van der Waals surface area contributed by atoms with Crippen LogP contribution in [-0.4, -0.2) is 21.8 Å². The smallest absolute Gasteiger partial charge is 0.343 e. The minimum absolute atomic E-state index is 0.0814. The van der Waals surface area contributed by atoms with Crippen molar-refractivity contribution in [1.29, 1.82) is 0 Å². The van der Waals surface area contributed by atoms with Gasteiger partial charge in [0.05, 0.1) is 16.6 Å². The van der Waals surface area contributed by atoms with Crippen LogP contribution < -0.4 is 16.0 Å². The Balaban J connectivity index is 2.30. The fourth-order valence-electron chi connectivity index (χ4n) is 3.86. The number of nitrogens with zero attached hydrogens (tertiary/aromatic N) is 3. The minimum atomic E-state index is -3.00. The number of hydrogen-bond acceptors (Lipinski definition) is 2.